The molecule has 0 bridgehead atoms. The number of benzene rings is 3. The second-order valence-corrected chi connectivity index (χ2v) is 6.87. The molecule has 0 spiro atoms. The van der Waals surface area contributed by atoms with Gasteiger partial charge in [0.1, 0.15) is 0 Å². The maximum absolute atomic E-state index is 12.7. The Morgan fingerprint density at radius 2 is 1.42 bits per heavy atom. The van der Waals surface area contributed by atoms with Crippen LogP contribution in [0.3, 0.4) is 0 Å². The number of rotatable bonds is 5. The Labute approximate surface area is 178 Å². The second-order valence-electron chi connectivity index (χ2n) is 6.87. The molecule has 0 aliphatic carbocycles. The summed E-state index contributed by atoms with van der Waals surface area (Å²) in [5, 5.41) is 14.2. The summed E-state index contributed by atoms with van der Waals surface area (Å²) in [6.07, 6.45) is 1.92. The fourth-order valence-electron chi connectivity index (χ4n) is 3.19. The third-order valence-electron chi connectivity index (χ3n) is 4.72. The van der Waals surface area contributed by atoms with Crippen molar-refractivity contribution < 1.29 is 14.7 Å². The number of hydrogen-bond donors (Lipinski definition) is 3. The normalized spacial score (nSPS) is 10.5. The van der Waals surface area contributed by atoms with E-state index >= 15 is 0 Å². The van der Waals surface area contributed by atoms with Crippen molar-refractivity contribution in [3.8, 4) is 11.4 Å². The van der Waals surface area contributed by atoms with Crippen LogP contribution in [0, 0.1) is 0 Å². The molecule has 2 amide bonds. The summed E-state index contributed by atoms with van der Waals surface area (Å²) in [5.41, 5.74) is 7.57. The predicted octanol–water partition coefficient (Wildman–Crippen LogP) is 3.24. The van der Waals surface area contributed by atoms with Crippen molar-refractivity contribution in [2.24, 2.45) is 0 Å². The molecule has 154 valence electrons. The first-order chi connectivity index (χ1) is 15.1. The molecule has 0 radical (unpaired) electrons. The van der Waals surface area contributed by atoms with Gasteiger partial charge in [0.25, 0.3) is 11.8 Å². The number of para-hydroxylation sites is 1. The molecule has 0 unspecified atom stereocenters. The van der Waals surface area contributed by atoms with Gasteiger partial charge in [-0.15, -0.1) is 0 Å². The summed E-state index contributed by atoms with van der Waals surface area (Å²) in [6.45, 7) is 0. The van der Waals surface area contributed by atoms with E-state index in [2.05, 4.69) is 16.0 Å². The minimum atomic E-state index is -0.721. The lowest BCUT2D eigenvalue weighted by atomic mass is 9.99. The first kappa shape index (κ1) is 19.9. The molecule has 4 aromatic rings. The number of nitrogens with one attached hydrogen (secondary N) is 2. The standard InChI is InChI=1S/C24H20N4O3/c29-21-16-28(19-12-5-2-6-13-19)27-22(21)24(31)26-25-23(30)20-14-8-7-11-18(20)15-17-9-3-1-4-10-17/h1-14,16,29H,15H2,(H,25,30)(H,26,31). The van der Waals surface area contributed by atoms with E-state index in [0.29, 0.717) is 17.7 Å². The maximum Gasteiger partial charge on any atom is 0.294 e. The highest BCUT2D eigenvalue weighted by Crippen LogP contribution is 2.18. The lowest BCUT2D eigenvalue weighted by Gasteiger charge is -2.11. The van der Waals surface area contributed by atoms with Crippen molar-refractivity contribution in [3.05, 3.63) is 114 Å². The van der Waals surface area contributed by atoms with Crippen LogP contribution in [0.25, 0.3) is 5.69 Å². The molecule has 0 saturated heterocycles. The number of nitrogens with zero attached hydrogens (tertiary/aromatic N) is 2. The quantitative estimate of drug-likeness (QED) is 0.439. The fourth-order valence-corrected chi connectivity index (χ4v) is 3.19. The molecule has 3 N–H and O–H groups in total. The van der Waals surface area contributed by atoms with Gasteiger partial charge >= 0.3 is 0 Å². The van der Waals surface area contributed by atoms with Crippen LogP contribution >= 0.6 is 0 Å². The van der Waals surface area contributed by atoms with Gasteiger partial charge in [-0.05, 0) is 35.7 Å². The van der Waals surface area contributed by atoms with Crippen LogP contribution in [-0.4, -0.2) is 26.7 Å². The van der Waals surface area contributed by atoms with Gasteiger partial charge in [-0.3, -0.25) is 20.4 Å². The highest BCUT2D eigenvalue weighted by molar-refractivity contribution is 6.00. The Bertz CT molecular complexity index is 1200. The molecule has 7 heteroatoms. The van der Waals surface area contributed by atoms with Crippen molar-refractivity contribution in [1.29, 1.82) is 0 Å². The van der Waals surface area contributed by atoms with E-state index in [9.17, 15) is 14.7 Å². The molecule has 0 atom stereocenters. The Hall–Kier alpha value is -4.39. The van der Waals surface area contributed by atoms with E-state index in [4.69, 9.17) is 0 Å². The van der Waals surface area contributed by atoms with Crippen LogP contribution in [-0.2, 0) is 6.42 Å². The summed E-state index contributed by atoms with van der Waals surface area (Å²) in [7, 11) is 0. The molecule has 7 nitrogen and oxygen atoms in total. The number of carbonyl (C=O) groups is 2. The van der Waals surface area contributed by atoms with E-state index in [1.165, 1.54) is 10.9 Å². The minimum absolute atomic E-state index is 0.193. The molecule has 0 aliphatic heterocycles. The van der Waals surface area contributed by atoms with Crippen molar-refractivity contribution in [2.75, 3.05) is 0 Å². The smallest absolute Gasteiger partial charge is 0.294 e. The largest absolute Gasteiger partial charge is 0.504 e. The van der Waals surface area contributed by atoms with Crippen molar-refractivity contribution in [1.82, 2.24) is 20.6 Å². The number of hydrazine groups is 1. The molecule has 3 aromatic carbocycles. The number of carbonyl (C=O) groups excluding carboxylic acids is 2. The number of aromatic hydroxyl groups is 1. The van der Waals surface area contributed by atoms with Crippen molar-refractivity contribution in [2.45, 2.75) is 6.42 Å². The summed E-state index contributed by atoms with van der Waals surface area (Å²) < 4.78 is 1.39. The second kappa shape index (κ2) is 8.96. The van der Waals surface area contributed by atoms with Gasteiger partial charge < -0.3 is 5.11 Å². The van der Waals surface area contributed by atoms with E-state index < -0.39 is 11.8 Å². The van der Waals surface area contributed by atoms with E-state index in [1.54, 1.807) is 24.3 Å². The average Bonchev–Trinajstić information content (AvgIpc) is 3.20. The van der Waals surface area contributed by atoms with E-state index in [0.717, 1.165) is 11.1 Å². The minimum Gasteiger partial charge on any atom is -0.504 e. The Balaban J connectivity index is 1.45. The van der Waals surface area contributed by atoms with Crippen molar-refractivity contribution >= 4 is 11.8 Å². The number of amides is 2. The van der Waals surface area contributed by atoms with Gasteiger partial charge in [0.15, 0.2) is 11.4 Å². The van der Waals surface area contributed by atoms with Gasteiger partial charge in [0, 0.05) is 5.56 Å². The molecular formula is C24H20N4O3. The van der Waals surface area contributed by atoms with Gasteiger partial charge in [0.2, 0.25) is 0 Å². The molecule has 31 heavy (non-hydrogen) atoms. The summed E-state index contributed by atoms with van der Waals surface area (Å²) in [6, 6.07) is 26.1. The zero-order chi connectivity index (χ0) is 21.6. The monoisotopic (exact) mass is 412 g/mol. The highest BCUT2D eigenvalue weighted by Gasteiger charge is 2.19. The molecular weight excluding hydrogens is 392 g/mol. The van der Waals surface area contributed by atoms with Crippen LogP contribution in [0.1, 0.15) is 32.0 Å². The topological polar surface area (TPSA) is 96.3 Å². The van der Waals surface area contributed by atoms with Gasteiger partial charge in [-0.25, -0.2) is 4.68 Å². The van der Waals surface area contributed by atoms with Crippen LogP contribution in [0.5, 0.6) is 5.75 Å². The molecule has 0 aliphatic rings. The first-order valence-electron chi connectivity index (χ1n) is 9.68. The summed E-state index contributed by atoms with van der Waals surface area (Å²) in [4.78, 5) is 25.1. The summed E-state index contributed by atoms with van der Waals surface area (Å²) >= 11 is 0. The van der Waals surface area contributed by atoms with Crippen LogP contribution in [0.4, 0.5) is 0 Å². The van der Waals surface area contributed by atoms with Crippen LogP contribution < -0.4 is 10.9 Å². The zero-order valence-corrected chi connectivity index (χ0v) is 16.5. The fraction of sp³-hybridized carbons (Fsp3) is 0.0417. The first-order valence-corrected chi connectivity index (χ1v) is 9.68. The molecule has 1 aromatic heterocycles. The number of hydrogen-bond acceptors (Lipinski definition) is 4. The van der Waals surface area contributed by atoms with Crippen molar-refractivity contribution in [3.63, 3.8) is 0 Å². The van der Waals surface area contributed by atoms with Gasteiger partial charge in [-0.1, -0.05) is 66.7 Å². The molecule has 1 heterocycles. The SMILES string of the molecule is O=C(NNC(=O)c1nn(-c2ccccc2)cc1O)c1ccccc1Cc1ccccc1. The lowest BCUT2D eigenvalue weighted by molar-refractivity contribution is 0.0841. The van der Waals surface area contributed by atoms with Gasteiger partial charge in [-0.2, -0.15) is 5.10 Å². The van der Waals surface area contributed by atoms with Crippen LogP contribution in [0.2, 0.25) is 0 Å². The Morgan fingerprint density at radius 3 is 2.16 bits per heavy atom. The zero-order valence-electron chi connectivity index (χ0n) is 16.5. The third kappa shape index (κ3) is 4.62. The average molecular weight is 412 g/mol. The molecule has 0 fully saturated rings. The number of aromatic nitrogens is 2. The predicted molar refractivity (Wildman–Crippen MR) is 116 cm³/mol. The van der Waals surface area contributed by atoms with E-state index in [-0.39, 0.29) is 11.4 Å². The Morgan fingerprint density at radius 1 is 0.806 bits per heavy atom. The summed E-state index contributed by atoms with van der Waals surface area (Å²) in [5.74, 6) is -1.47. The van der Waals surface area contributed by atoms with E-state index in [1.807, 2.05) is 60.7 Å². The third-order valence-corrected chi connectivity index (χ3v) is 4.72. The highest BCUT2D eigenvalue weighted by atomic mass is 16.3. The maximum atomic E-state index is 12.7. The van der Waals surface area contributed by atoms with Gasteiger partial charge in [0.05, 0.1) is 11.9 Å². The Kier molecular flexibility index (Phi) is 5.75. The lowest BCUT2D eigenvalue weighted by Crippen LogP contribution is -2.42. The molecule has 0 saturated carbocycles. The molecule has 4 rings (SSSR count). The van der Waals surface area contributed by atoms with Crippen LogP contribution in [0.15, 0.2) is 91.1 Å².